The van der Waals surface area contributed by atoms with E-state index in [0.29, 0.717) is 0 Å². The van der Waals surface area contributed by atoms with Gasteiger partial charge in [-0.15, -0.1) is 0 Å². The molecule has 0 aromatic heterocycles. The Morgan fingerprint density at radius 2 is 1.83 bits per heavy atom. The summed E-state index contributed by atoms with van der Waals surface area (Å²) in [7, 11) is 0. The van der Waals surface area contributed by atoms with Crippen LogP contribution in [0.3, 0.4) is 0 Å². The van der Waals surface area contributed by atoms with Crippen molar-refractivity contribution < 1.29 is 0 Å². The van der Waals surface area contributed by atoms with Gasteiger partial charge in [-0.2, -0.15) is 0 Å². The Morgan fingerprint density at radius 3 is 2.25 bits per heavy atom. The zero-order valence-corrected chi connectivity index (χ0v) is 8.01. The van der Waals surface area contributed by atoms with Gasteiger partial charge in [-0.3, -0.25) is 0 Å². The van der Waals surface area contributed by atoms with E-state index in [4.69, 9.17) is 11.6 Å². The van der Waals surface area contributed by atoms with Crippen molar-refractivity contribution in [3.8, 4) is 0 Å². The van der Waals surface area contributed by atoms with Crippen molar-refractivity contribution in [2.75, 3.05) is 0 Å². The number of hydrogen-bond donors (Lipinski definition) is 0. The van der Waals surface area contributed by atoms with E-state index >= 15 is 0 Å². The van der Waals surface area contributed by atoms with Crippen LogP contribution in [-0.4, -0.2) is 0 Å². The standard InChI is InChI=1S/C11H13Cl/c1-8-2-7-11(8)9-3-5-10(12)6-4-9/h3-6,8,11H,2,7H2,1H3. The van der Waals surface area contributed by atoms with Crippen molar-refractivity contribution in [2.24, 2.45) is 5.92 Å². The van der Waals surface area contributed by atoms with Crippen molar-refractivity contribution >= 4 is 11.6 Å². The molecule has 0 nitrogen and oxygen atoms in total. The van der Waals surface area contributed by atoms with Crippen LogP contribution in [0.4, 0.5) is 0 Å². The van der Waals surface area contributed by atoms with Gasteiger partial charge in [0.2, 0.25) is 0 Å². The summed E-state index contributed by atoms with van der Waals surface area (Å²) in [5, 5.41) is 0.839. The Balaban J connectivity index is 2.18. The summed E-state index contributed by atoms with van der Waals surface area (Å²) in [5.41, 5.74) is 1.46. The van der Waals surface area contributed by atoms with Gasteiger partial charge in [0.05, 0.1) is 0 Å². The number of halogens is 1. The Morgan fingerprint density at radius 1 is 1.17 bits per heavy atom. The molecule has 1 aliphatic carbocycles. The average molecular weight is 181 g/mol. The molecule has 0 radical (unpaired) electrons. The van der Waals surface area contributed by atoms with Crippen LogP contribution in [-0.2, 0) is 0 Å². The first-order chi connectivity index (χ1) is 5.77. The van der Waals surface area contributed by atoms with Gasteiger partial charge in [-0.1, -0.05) is 30.7 Å². The molecular formula is C11H13Cl. The second-order valence-electron chi connectivity index (χ2n) is 3.71. The van der Waals surface area contributed by atoms with Gasteiger partial charge < -0.3 is 0 Å². The summed E-state index contributed by atoms with van der Waals surface area (Å²) in [5.74, 6) is 1.66. The Kier molecular flexibility index (Phi) is 2.10. The van der Waals surface area contributed by atoms with Crippen LogP contribution in [0.1, 0.15) is 31.2 Å². The third kappa shape index (κ3) is 1.36. The third-order valence-corrected chi connectivity index (χ3v) is 3.17. The summed E-state index contributed by atoms with van der Waals surface area (Å²) < 4.78 is 0. The fourth-order valence-corrected chi connectivity index (χ4v) is 2.00. The average Bonchev–Trinajstić information content (AvgIpc) is 2.06. The molecule has 0 saturated heterocycles. The van der Waals surface area contributed by atoms with Gasteiger partial charge in [0.25, 0.3) is 0 Å². The summed E-state index contributed by atoms with van der Waals surface area (Å²) in [6, 6.07) is 8.29. The van der Waals surface area contributed by atoms with Crippen molar-refractivity contribution in [3.63, 3.8) is 0 Å². The molecule has 12 heavy (non-hydrogen) atoms. The highest BCUT2D eigenvalue weighted by Gasteiger charge is 2.27. The van der Waals surface area contributed by atoms with E-state index in [2.05, 4.69) is 19.1 Å². The molecule has 0 aliphatic heterocycles. The van der Waals surface area contributed by atoms with Gasteiger partial charge >= 0.3 is 0 Å². The zero-order valence-electron chi connectivity index (χ0n) is 7.26. The molecule has 0 heterocycles. The number of hydrogen-bond acceptors (Lipinski definition) is 0. The lowest BCUT2D eigenvalue weighted by Crippen LogP contribution is -2.20. The first-order valence-corrected chi connectivity index (χ1v) is 4.90. The molecule has 64 valence electrons. The predicted molar refractivity (Wildman–Crippen MR) is 52.6 cm³/mol. The van der Waals surface area contributed by atoms with Crippen molar-refractivity contribution in [2.45, 2.75) is 25.7 Å². The van der Waals surface area contributed by atoms with Crippen LogP contribution in [0.2, 0.25) is 5.02 Å². The molecule has 0 amide bonds. The maximum absolute atomic E-state index is 5.81. The highest BCUT2D eigenvalue weighted by molar-refractivity contribution is 6.30. The SMILES string of the molecule is CC1CCC1c1ccc(Cl)cc1. The Bertz CT molecular complexity index is 263. The second kappa shape index (κ2) is 3.10. The highest BCUT2D eigenvalue weighted by Crippen LogP contribution is 2.41. The van der Waals surface area contributed by atoms with Gasteiger partial charge in [0.15, 0.2) is 0 Å². The fraction of sp³-hybridized carbons (Fsp3) is 0.455. The highest BCUT2D eigenvalue weighted by atomic mass is 35.5. The lowest BCUT2D eigenvalue weighted by Gasteiger charge is -2.34. The minimum atomic E-state index is 0.794. The van der Waals surface area contributed by atoms with Gasteiger partial charge in [0, 0.05) is 5.02 Å². The topological polar surface area (TPSA) is 0 Å². The van der Waals surface area contributed by atoms with E-state index in [1.54, 1.807) is 0 Å². The molecule has 1 aromatic carbocycles. The molecule has 1 aromatic rings. The molecule has 1 fully saturated rings. The molecule has 0 bridgehead atoms. The first kappa shape index (κ1) is 8.12. The maximum Gasteiger partial charge on any atom is 0.0406 e. The minimum absolute atomic E-state index is 0.794. The second-order valence-corrected chi connectivity index (χ2v) is 4.15. The molecule has 1 aliphatic rings. The van der Waals surface area contributed by atoms with E-state index in [0.717, 1.165) is 16.9 Å². The quantitative estimate of drug-likeness (QED) is 0.616. The van der Waals surface area contributed by atoms with E-state index in [1.807, 2.05) is 12.1 Å². The van der Waals surface area contributed by atoms with Crippen LogP contribution < -0.4 is 0 Å². The summed E-state index contributed by atoms with van der Waals surface area (Å²) in [6.45, 7) is 2.32. The molecule has 0 spiro atoms. The van der Waals surface area contributed by atoms with E-state index in [1.165, 1.54) is 18.4 Å². The maximum atomic E-state index is 5.81. The lowest BCUT2D eigenvalue weighted by molar-refractivity contribution is 0.280. The van der Waals surface area contributed by atoms with Gasteiger partial charge in [-0.25, -0.2) is 0 Å². The largest absolute Gasteiger partial charge is 0.0843 e. The molecule has 2 unspecified atom stereocenters. The smallest absolute Gasteiger partial charge is 0.0406 e. The van der Waals surface area contributed by atoms with Crippen LogP contribution in [0, 0.1) is 5.92 Å². The van der Waals surface area contributed by atoms with Gasteiger partial charge in [0.1, 0.15) is 0 Å². The van der Waals surface area contributed by atoms with Crippen LogP contribution in [0.25, 0.3) is 0 Å². The van der Waals surface area contributed by atoms with Crippen LogP contribution >= 0.6 is 11.6 Å². The normalized spacial score (nSPS) is 28.2. The minimum Gasteiger partial charge on any atom is -0.0843 e. The van der Waals surface area contributed by atoms with E-state index < -0.39 is 0 Å². The summed E-state index contributed by atoms with van der Waals surface area (Å²) in [4.78, 5) is 0. The van der Waals surface area contributed by atoms with E-state index in [-0.39, 0.29) is 0 Å². The van der Waals surface area contributed by atoms with Crippen molar-refractivity contribution in [3.05, 3.63) is 34.9 Å². The van der Waals surface area contributed by atoms with Crippen LogP contribution in [0.5, 0.6) is 0 Å². The monoisotopic (exact) mass is 180 g/mol. The summed E-state index contributed by atoms with van der Waals surface area (Å²) >= 11 is 5.81. The summed E-state index contributed by atoms with van der Waals surface area (Å²) in [6.07, 6.45) is 2.73. The number of benzene rings is 1. The molecule has 1 heteroatoms. The van der Waals surface area contributed by atoms with Crippen molar-refractivity contribution in [1.82, 2.24) is 0 Å². The predicted octanol–water partition coefficient (Wildman–Crippen LogP) is 3.85. The van der Waals surface area contributed by atoms with Crippen molar-refractivity contribution in [1.29, 1.82) is 0 Å². The zero-order chi connectivity index (χ0) is 8.55. The number of rotatable bonds is 1. The van der Waals surface area contributed by atoms with Crippen LogP contribution in [0.15, 0.2) is 24.3 Å². The first-order valence-electron chi connectivity index (χ1n) is 4.53. The molecule has 2 atom stereocenters. The third-order valence-electron chi connectivity index (χ3n) is 2.92. The Hall–Kier alpha value is -0.490. The molecule has 1 saturated carbocycles. The molecular weight excluding hydrogens is 168 g/mol. The molecule has 2 rings (SSSR count). The lowest BCUT2D eigenvalue weighted by atomic mass is 9.71. The fourth-order valence-electron chi connectivity index (χ4n) is 1.87. The van der Waals surface area contributed by atoms with Gasteiger partial charge in [-0.05, 0) is 42.4 Å². The van der Waals surface area contributed by atoms with E-state index in [9.17, 15) is 0 Å². The molecule has 0 N–H and O–H groups in total. The Labute approximate surface area is 78.6 Å².